The summed E-state index contributed by atoms with van der Waals surface area (Å²) in [6.45, 7) is 2.51. The zero-order valence-electron chi connectivity index (χ0n) is 10.6. The van der Waals surface area contributed by atoms with Gasteiger partial charge in [0.1, 0.15) is 5.75 Å². The highest BCUT2D eigenvalue weighted by Crippen LogP contribution is 2.25. The molecule has 0 radical (unpaired) electrons. The molecular formula is C15H14N2OS. The Labute approximate surface area is 115 Å². The van der Waals surface area contributed by atoms with Crippen molar-refractivity contribution in [1.82, 2.24) is 4.98 Å². The van der Waals surface area contributed by atoms with Gasteiger partial charge in [-0.3, -0.25) is 0 Å². The van der Waals surface area contributed by atoms with Crippen LogP contribution in [-0.4, -0.2) is 10.1 Å². The minimum Gasteiger partial charge on any atom is -0.507 e. The Kier molecular flexibility index (Phi) is 3.09. The van der Waals surface area contributed by atoms with Gasteiger partial charge in [-0.2, -0.15) is 0 Å². The molecule has 3 aromatic rings. The number of phenols is 1. The number of anilines is 1. The smallest absolute Gasteiger partial charge is 0.123 e. The van der Waals surface area contributed by atoms with Crippen LogP contribution in [0.4, 0.5) is 5.69 Å². The third kappa shape index (κ3) is 2.39. The lowest BCUT2D eigenvalue weighted by Crippen LogP contribution is -2.00. The molecule has 3 rings (SSSR count). The normalized spacial score (nSPS) is 10.8. The highest BCUT2D eigenvalue weighted by molar-refractivity contribution is 7.16. The molecule has 0 saturated carbocycles. The third-order valence-electron chi connectivity index (χ3n) is 3.14. The third-order valence-corrected chi connectivity index (χ3v) is 3.93. The van der Waals surface area contributed by atoms with E-state index >= 15 is 0 Å². The van der Waals surface area contributed by atoms with E-state index in [1.54, 1.807) is 11.3 Å². The predicted molar refractivity (Wildman–Crippen MR) is 79.8 cm³/mol. The first-order chi connectivity index (χ1) is 9.24. The van der Waals surface area contributed by atoms with Crippen molar-refractivity contribution < 1.29 is 5.11 Å². The average molecular weight is 270 g/mol. The quantitative estimate of drug-likeness (QED) is 0.758. The van der Waals surface area contributed by atoms with Crippen molar-refractivity contribution in [3.63, 3.8) is 0 Å². The van der Waals surface area contributed by atoms with Crippen LogP contribution in [0, 0.1) is 6.92 Å². The number of hydrogen-bond donors (Lipinski definition) is 2. The molecule has 2 N–H and O–H groups in total. The van der Waals surface area contributed by atoms with Crippen LogP contribution in [0.15, 0.2) is 41.9 Å². The van der Waals surface area contributed by atoms with E-state index in [0.717, 1.165) is 22.3 Å². The average Bonchev–Trinajstić information content (AvgIpc) is 2.88. The van der Waals surface area contributed by atoms with Gasteiger partial charge in [-0.15, -0.1) is 11.3 Å². The lowest BCUT2D eigenvalue weighted by molar-refractivity contribution is 0.465. The van der Waals surface area contributed by atoms with E-state index in [0.29, 0.717) is 12.3 Å². The summed E-state index contributed by atoms with van der Waals surface area (Å²) in [6.07, 6.45) is 0. The monoisotopic (exact) mass is 270 g/mol. The molecule has 0 spiro atoms. The maximum absolute atomic E-state index is 9.97. The predicted octanol–water partition coefficient (Wildman–Crippen LogP) is 3.92. The molecule has 1 aromatic heterocycles. The molecule has 1 heterocycles. The Hall–Kier alpha value is -2.07. The molecule has 0 amide bonds. The van der Waals surface area contributed by atoms with Crippen LogP contribution in [0.25, 0.3) is 10.2 Å². The van der Waals surface area contributed by atoms with Crippen LogP contribution < -0.4 is 5.32 Å². The minimum atomic E-state index is 0.369. The summed E-state index contributed by atoms with van der Waals surface area (Å²) in [6, 6.07) is 11.9. The molecule has 0 fully saturated rings. The summed E-state index contributed by atoms with van der Waals surface area (Å²) in [7, 11) is 0. The first-order valence-corrected chi connectivity index (χ1v) is 6.96. The number of nitrogens with one attached hydrogen (secondary N) is 1. The highest BCUT2D eigenvalue weighted by atomic mass is 32.1. The summed E-state index contributed by atoms with van der Waals surface area (Å²) in [5.74, 6) is 0.369. The molecule has 0 aliphatic rings. The summed E-state index contributed by atoms with van der Waals surface area (Å²) < 4.78 is 1.17. The first-order valence-electron chi connectivity index (χ1n) is 6.08. The van der Waals surface area contributed by atoms with Crippen molar-refractivity contribution in [2.75, 3.05) is 5.32 Å². The van der Waals surface area contributed by atoms with Crippen LogP contribution in [0.3, 0.4) is 0 Å². The Morgan fingerprint density at radius 3 is 3.05 bits per heavy atom. The van der Waals surface area contributed by atoms with Crippen LogP contribution in [0.5, 0.6) is 5.75 Å². The van der Waals surface area contributed by atoms with E-state index in [9.17, 15) is 5.11 Å². The summed E-state index contributed by atoms with van der Waals surface area (Å²) in [5, 5.41) is 13.3. The van der Waals surface area contributed by atoms with E-state index in [1.165, 1.54) is 4.70 Å². The molecule has 0 unspecified atom stereocenters. The molecule has 0 bridgehead atoms. The van der Waals surface area contributed by atoms with Crippen LogP contribution >= 0.6 is 11.3 Å². The molecule has 0 atom stereocenters. The molecule has 3 nitrogen and oxygen atoms in total. The summed E-state index contributed by atoms with van der Waals surface area (Å²) >= 11 is 1.63. The van der Waals surface area contributed by atoms with Crippen molar-refractivity contribution in [1.29, 1.82) is 0 Å². The van der Waals surface area contributed by atoms with Gasteiger partial charge in [0.05, 0.1) is 15.7 Å². The molecule has 0 aliphatic heterocycles. The second kappa shape index (κ2) is 4.90. The lowest BCUT2D eigenvalue weighted by Gasteiger charge is -2.09. The molecule has 0 saturated heterocycles. The Morgan fingerprint density at radius 1 is 1.26 bits per heavy atom. The molecule has 19 heavy (non-hydrogen) atoms. The van der Waals surface area contributed by atoms with Crippen LogP contribution in [0.2, 0.25) is 0 Å². The second-order valence-electron chi connectivity index (χ2n) is 4.47. The van der Waals surface area contributed by atoms with Crippen molar-refractivity contribution in [3.05, 3.63) is 53.0 Å². The standard InChI is InChI=1S/C15H14N2OS/c1-10-3-2-4-11(15(10)18)8-16-12-5-6-13-14(7-12)19-9-17-13/h2-7,9,16,18H,8H2,1H3. The second-order valence-corrected chi connectivity index (χ2v) is 5.36. The van der Waals surface area contributed by atoms with E-state index in [4.69, 9.17) is 0 Å². The van der Waals surface area contributed by atoms with E-state index < -0.39 is 0 Å². The topological polar surface area (TPSA) is 45.2 Å². The van der Waals surface area contributed by atoms with Crippen LogP contribution in [0.1, 0.15) is 11.1 Å². The van der Waals surface area contributed by atoms with Gasteiger partial charge in [0, 0.05) is 17.8 Å². The van der Waals surface area contributed by atoms with Crippen molar-refractivity contribution in [2.24, 2.45) is 0 Å². The van der Waals surface area contributed by atoms with Crippen molar-refractivity contribution in [2.45, 2.75) is 13.5 Å². The van der Waals surface area contributed by atoms with Gasteiger partial charge in [0.15, 0.2) is 0 Å². The Morgan fingerprint density at radius 2 is 2.16 bits per heavy atom. The van der Waals surface area contributed by atoms with E-state index in [-0.39, 0.29) is 0 Å². The van der Waals surface area contributed by atoms with Gasteiger partial charge in [0.2, 0.25) is 0 Å². The molecule has 4 heteroatoms. The van der Waals surface area contributed by atoms with Gasteiger partial charge in [-0.25, -0.2) is 4.98 Å². The number of aryl methyl sites for hydroxylation is 1. The number of phenolic OH excluding ortho intramolecular Hbond substituents is 1. The van der Waals surface area contributed by atoms with Gasteiger partial charge in [0.25, 0.3) is 0 Å². The number of benzene rings is 2. The number of thiazole rings is 1. The van der Waals surface area contributed by atoms with Crippen LogP contribution in [-0.2, 0) is 6.54 Å². The largest absolute Gasteiger partial charge is 0.507 e. The number of rotatable bonds is 3. The SMILES string of the molecule is Cc1cccc(CNc2ccc3ncsc3c2)c1O. The van der Waals surface area contributed by atoms with Crippen molar-refractivity contribution >= 4 is 27.2 Å². The number of aromatic hydroxyl groups is 1. The van der Waals surface area contributed by atoms with E-state index in [1.807, 2.05) is 42.8 Å². The maximum atomic E-state index is 9.97. The first kappa shape index (κ1) is 12.0. The molecule has 96 valence electrons. The Balaban J connectivity index is 1.80. The molecular weight excluding hydrogens is 256 g/mol. The molecule has 2 aromatic carbocycles. The number of aromatic nitrogens is 1. The van der Waals surface area contributed by atoms with Gasteiger partial charge in [-0.1, -0.05) is 18.2 Å². The maximum Gasteiger partial charge on any atom is 0.123 e. The number of fused-ring (bicyclic) bond motifs is 1. The minimum absolute atomic E-state index is 0.369. The van der Waals surface area contributed by atoms with Gasteiger partial charge in [-0.05, 0) is 30.7 Å². The highest BCUT2D eigenvalue weighted by Gasteiger charge is 2.04. The Bertz CT molecular complexity index is 721. The molecule has 0 aliphatic carbocycles. The fraction of sp³-hybridized carbons (Fsp3) is 0.133. The number of hydrogen-bond acceptors (Lipinski definition) is 4. The number of para-hydroxylation sites is 1. The van der Waals surface area contributed by atoms with E-state index in [2.05, 4.69) is 16.4 Å². The number of nitrogens with zero attached hydrogens (tertiary/aromatic N) is 1. The fourth-order valence-corrected chi connectivity index (χ4v) is 2.74. The zero-order valence-corrected chi connectivity index (χ0v) is 11.4. The van der Waals surface area contributed by atoms with Gasteiger partial charge >= 0.3 is 0 Å². The summed E-state index contributed by atoms with van der Waals surface area (Å²) in [5.41, 5.74) is 5.72. The van der Waals surface area contributed by atoms with Crippen molar-refractivity contribution in [3.8, 4) is 5.75 Å². The summed E-state index contributed by atoms with van der Waals surface area (Å²) in [4.78, 5) is 4.25. The zero-order chi connectivity index (χ0) is 13.2. The van der Waals surface area contributed by atoms with Gasteiger partial charge < -0.3 is 10.4 Å². The lowest BCUT2D eigenvalue weighted by atomic mass is 10.1. The fourth-order valence-electron chi connectivity index (χ4n) is 2.02.